The lowest BCUT2D eigenvalue weighted by atomic mass is 10.1. The first-order valence-electron chi connectivity index (χ1n) is 6.08. The molecule has 0 atom stereocenters. The molecule has 0 amide bonds. The molecule has 0 aliphatic carbocycles. The zero-order valence-electron chi connectivity index (χ0n) is 9.97. The Morgan fingerprint density at radius 3 is 2.18 bits per heavy atom. The van der Waals surface area contributed by atoms with E-state index in [0.29, 0.717) is 0 Å². The molecule has 0 unspecified atom stereocenters. The molecule has 4 heteroatoms. The van der Waals surface area contributed by atoms with Crippen LogP contribution < -0.4 is 0 Å². The second kappa shape index (κ2) is 7.79. The number of rotatable bonds is 8. The molecular weight excluding hydrogens is 218 g/mol. The summed E-state index contributed by atoms with van der Waals surface area (Å²) in [5, 5.41) is 19.1. The maximum atomic E-state index is 10.5. The van der Waals surface area contributed by atoms with E-state index in [0.717, 1.165) is 44.1 Å². The van der Waals surface area contributed by atoms with Crippen LogP contribution in [0.3, 0.4) is 0 Å². The fraction of sp³-hybridized carbons (Fsp3) is 0.538. The number of aryl methyl sites for hydroxylation is 1. The van der Waals surface area contributed by atoms with Crippen molar-refractivity contribution in [2.24, 2.45) is 0 Å². The third-order valence-corrected chi connectivity index (χ3v) is 2.77. The van der Waals surface area contributed by atoms with E-state index in [4.69, 9.17) is 5.11 Å². The predicted octanol–water partition coefficient (Wildman–Crippen LogP) is 3.08. The Balaban J connectivity index is 2.21. The highest BCUT2D eigenvalue weighted by Gasteiger charge is 2.03. The summed E-state index contributed by atoms with van der Waals surface area (Å²) in [6.45, 7) is 0.280. The van der Waals surface area contributed by atoms with E-state index in [2.05, 4.69) is 0 Å². The van der Waals surface area contributed by atoms with Crippen LogP contribution in [-0.4, -0.2) is 16.6 Å². The Morgan fingerprint density at radius 1 is 1.00 bits per heavy atom. The number of nitrogens with zero attached hydrogens (tertiary/aromatic N) is 1. The average molecular weight is 237 g/mol. The number of benzene rings is 1. The summed E-state index contributed by atoms with van der Waals surface area (Å²) in [4.78, 5) is 10.1. The van der Waals surface area contributed by atoms with Gasteiger partial charge in [0.25, 0.3) is 5.69 Å². The van der Waals surface area contributed by atoms with Crippen LogP contribution in [0, 0.1) is 10.1 Å². The minimum absolute atomic E-state index is 0.150. The standard InChI is InChI=1S/C13H19NO3/c15-11-5-3-1-2-4-6-12-7-9-13(10-8-12)14(16)17/h7-10,15H,1-6,11H2. The number of hydrogen-bond acceptors (Lipinski definition) is 3. The van der Waals surface area contributed by atoms with Crippen LogP contribution in [-0.2, 0) is 6.42 Å². The van der Waals surface area contributed by atoms with E-state index in [1.807, 2.05) is 12.1 Å². The number of non-ortho nitro benzene ring substituents is 1. The average Bonchev–Trinajstić information content (AvgIpc) is 2.34. The van der Waals surface area contributed by atoms with Crippen LogP contribution in [0.15, 0.2) is 24.3 Å². The topological polar surface area (TPSA) is 63.4 Å². The molecule has 0 aliphatic heterocycles. The second-order valence-corrected chi connectivity index (χ2v) is 4.16. The summed E-state index contributed by atoms with van der Waals surface area (Å²) in [7, 11) is 0. The maximum Gasteiger partial charge on any atom is 0.269 e. The van der Waals surface area contributed by atoms with Gasteiger partial charge < -0.3 is 5.11 Å². The fourth-order valence-corrected chi connectivity index (χ4v) is 1.76. The highest BCUT2D eigenvalue weighted by molar-refractivity contribution is 5.32. The molecule has 1 rings (SSSR count). The molecule has 0 bridgehead atoms. The van der Waals surface area contributed by atoms with Gasteiger partial charge in [-0.3, -0.25) is 10.1 Å². The normalized spacial score (nSPS) is 10.4. The number of unbranched alkanes of at least 4 members (excludes halogenated alkanes) is 4. The predicted molar refractivity (Wildman–Crippen MR) is 67.0 cm³/mol. The first-order valence-corrected chi connectivity index (χ1v) is 6.08. The van der Waals surface area contributed by atoms with Gasteiger partial charge in [0.15, 0.2) is 0 Å². The largest absolute Gasteiger partial charge is 0.396 e. The monoisotopic (exact) mass is 237 g/mol. The van der Waals surface area contributed by atoms with E-state index < -0.39 is 0 Å². The van der Waals surface area contributed by atoms with Crippen molar-refractivity contribution in [3.63, 3.8) is 0 Å². The molecule has 94 valence electrons. The van der Waals surface area contributed by atoms with Gasteiger partial charge in [-0.25, -0.2) is 0 Å². The molecular formula is C13H19NO3. The Kier molecular flexibility index (Phi) is 6.25. The van der Waals surface area contributed by atoms with Gasteiger partial charge in [0.2, 0.25) is 0 Å². The number of hydrogen-bond donors (Lipinski definition) is 1. The Labute approximate surface area is 101 Å². The Bertz CT molecular complexity index is 335. The first kappa shape index (κ1) is 13.6. The third-order valence-electron chi connectivity index (χ3n) is 2.77. The molecule has 0 heterocycles. The van der Waals surface area contributed by atoms with Gasteiger partial charge in [-0.1, -0.05) is 31.4 Å². The minimum atomic E-state index is -0.376. The van der Waals surface area contributed by atoms with E-state index in [1.165, 1.54) is 0 Å². The molecule has 0 spiro atoms. The lowest BCUT2D eigenvalue weighted by Crippen LogP contribution is -1.90. The molecule has 0 aromatic heterocycles. The Hall–Kier alpha value is -1.42. The number of aliphatic hydroxyl groups is 1. The van der Waals surface area contributed by atoms with Gasteiger partial charge in [-0.2, -0.15) is 0 Å². The molecule has 1 aromatic carbocycles. The van der Waals surface area contributed by atoms with Gasteiger partial charge in [-0.05, 0) is 24.8 Å². The molecule has 4 nitrogen and oxygen atoms in total. The summed E-state index contributed by atoms with van der Waals surface area (Å²) in [6, 6.07) is 6.76. The van der Waals surface area contributed by atoms with Crippen LogP contribution in [0.4, 0.5) is 5.69 Å². The third kappa shape index (κ3) is 5.45. The van der Waals surface area contributed by atoms with E-state index in [1.54, 1.807) is 12.1 Å². The molecule has 17 heavy (non-hydrogen) atoms. The van der Waals surface area contributed by atoms with Crippen molar-refractivity contribution < 1.29 is 10.0 Å². The van der Waals surface area contributed by atoms with Crippen molar-refractivity contribution in [2.45, 2.75) is 38.5 Å². The minimum Gasteiger partial charge on any atom is -0.396 e. The highest BCUT2D eigenvalue weighted by Crippen LogP contribution is 2.14. The zero-order valence-corrected chi connectivity index (χ0v) is 9.97. The fourth-order valence-electron chi connectivity index (χ4n) is 1.76. The second-order valence-electron chi connectivity index (χ2n) is 4.16. The zero-order chi connectivity index (χ0) is 12.5. The van der Waals surface area contributed by atoms with E-state index in [-0.39, 0.29) is 17.2 Å². The lowest BCUT2D eigenvalue weighted by molar-refractivity contribution is -0.384. The number of aliphatic hydroxyl groups excluding tert-OH is 1. The van der Waals surface area contributed by atoms with Crippen LogP contribution in [0.5, 0.6) is 0 Å². The molecule has 0 saturated heterocycles. The van der Waals surface area contributed by atoms with Crippen LogP contribution in [0.2, 0.25) is 0 Å². The van der Waals surface area contributed by atoms with Crippen LogP contribution in [0.1, 0.15) is 37.7 Å². The van der Waals surface area contributed by atoms with Gasteiger partial charge in [0.05, 0.1) is 4.92 Å². The number of nitro benzene ring substituents is 1. The molecule has 0 aliphatic rings. The molecule has 0 radical (unpaired) electrons. The summed E-state index contributed by atoms with van der Waals surface area (Å²) in [5.41, 5.74) is 1.30. The van der Waals surface area contributed by atoms with E-state index in [9.17, 15) is 10.1 Å². The SMILES string of the molecule is O=[N+]([O-])c1ccc(CCCCCCCO)cc1. The van der Waals surface area contributed by atoms with Crippen molar-refractivity contribution in [3.8, 4) is 0 Å². The van der Waals surface area contributed by atoms with E-state index >= 15 is 0 Å². The summed E-state index contributed by atoms with van der Waals surface area (Å²) >= 11 is 0. The molecule has 1 aromatic rings. The summed E-state index contributed by atoms with van der Waals surface area (Å²) in [6.07, 6.45) is 6.33. The van der Waals surface area contributed by atoms with Crippen molar-refractivity contribution in [2.75, 3.05) is 6.61 Å². The quantitative estimate of drug-likeness (QED) is 0.429. The van der Waals surface area contributed by atoms with Crippen molar-refractivity contribution in [1.29, 1.82) is 0 Å². The smallest absolute Gasteiger partial charge is 0.269 e. The summed E-state index contributed by atoms with van der Waals surface area (Å²) in [5.74, 6) is 0. The molecule has 0 fully saturated rings. The van der Waals surface area contributed by atoms with Gasteiger partial charge in [0.1, 0.15) is 0 Å². The van der Waals surface area contributed by atoms with Gasteiger partial charge in [-0.15, -0.1) is 0 Å². The maximum absolute atomic E-state index is 10.5. The molecule has 0 saturated carbocycles. The first-order chi connectivity index (χ1) is 8.24. The van der Waals surface area contributed by atoms with Crippen LogP contribution in [0.25, 0.3) is 0 Å². The van der Waals surface area contributed by atoms with Crippen molar-refractivity contribution >= 4 is 5.69 Å². The van der Waals surface area contributed by atoms with Crippen molar-refractivity contribution in [1.82, 2.24) is 0 Å². The summed E-state index contributed by atoms with van der Waals surface area (Å²) < 4.78 is 0. The lowest BCUT2D eigenvalue weighted by Gasteiger charge is -2.01. The van der Waals surface area contributed by atoms with Gasteiger partial charge in [0, 0.05) is 18.7 Å². The Morgan fingerprint density at radius 2 is 1.59 bits per heavy atom. The van der Waals surface area contributed by atoms with Crippen LogP contribution >= 0.6 is 0 Å². The van der Waals surface area contributed by atoms with Gasteiger partial charge >= 0.3 is 0 Å². The highest BCUT2D eigenvalue weighted by atomic mass is 16.6. The molecule has 1 N–H and O–H groups in total. The van der Waals surface area contributed by atoms with Crippen molar-refractivity contribution in [3.05, 3.63) is 39.9 Å². The number of nitro groups is 1.